The summed E-state index contributed by atoms with van der Waals surface area (Å²) in [6.45, 7) is 10.0. The molecule has 2 aliphatic rings. The lowest BCUT2D eigenvalue weighted by Crippen LogP contribution is -2.37. The number of carbonyl (C=O) groups is 1. The van der Waals surface area contributed by atoms with Crippen LogP contribution in [0.2, 0.25) is 5.02 Å². The number of nitrogens with zero attached hydrogens (tertiary/aromatic N) is 4. The molecule has 4 aromatic rings. The number of ether oxygens (including phenoxy) is 3. The average molecular weight is 753 g/mol. The number of carboxylic acid groups (broad SMARTS) is 1. The Morgan fingerprint density at radius 3 is 2.50 bits per heavy atom. The van der Waals surface area contributed by atoms with Crippen LogP contribution in [0.5, 0.6) is 17.2 Å². The molecule has 0 radical (unpaired) electrons. The fraction of sp³-hybridized carbons (Fsp3) is 0.419. The van der Waals surface area contributed by atoms with Crippen LogP contribution in [0, 0.1) is 25.2 Å². The predicted octanol–water partition coefficient (Wildman–Crippen LogP) is 7.71. The zero-order valence-corrected chi connectivity index (χ0v) is 32.0. The molecule has 10 nitrogen and oxygen atoms in total. The van der Waals surface area contributed by atoms with Crippen molar-refractivity contribution in [2.45, 2.75) is 90.8 Å². The SMILES string of the molecule is Cc1c(COc2cc(OCc3cncc(C#N)c3)c(CN3CCCC[C@H]3C)cc2Cl)cccc1-c1cccc(OCCCN2C[C@H](O)C[C@H]2C(=O)O)c1C. The maximum absolute atomic E-state index is 11.6. The molecule has 0 amide bonds. The number of aliphatic hydroxyl groups excluding tert-OH is 1. The van der Waals surface area contributed by atoms with E-state index in [0.717, 1.165) is 57.7 Å². The summed E-state index contributed by atoms with van der Waals surface area (Å²) < 4.78 is 19.0. The minimum absolute atomic E-state index is 0.253. The van der Waals surface area contributed by atoms with Crippen LogP contribution >= 0.6 is 11.6 Å². The van der Waals surface area contributed by atoms with Gasteiger partial charge < -0.3 is 24.4 Å². The van der Waals surface area contributed by atoms with Crippen molar-refractivity contribution >= 4 is 17.6 Å². The topological polar surface area (TPSA) is 128 Å². The summed E-state index contributed by atoms with van der Waals surface area (Å²) in [5, 5.41) is 29.3. The van der Waals surface area contributed by atoms with Gasteiger partial charge in [0.25, 0.3) is 0 Å². The van der Waals surface area contributed by atoms with Crippen LogP contribution in [-0.2, 0) is 24.6 Å². The Balaban J connectivity index is 1.15. The van der Waals surface area contributed by atoms with E-state index in [1.165, 1.54) is 19.0 Å². The summed E-state index contributed by atoms with van der Waals surface area (Å²) in [6.07, 6.45) is 7.10. The van der Waals surface area contributed by atoms with E-state index in [4.69, 9.17) is 25.8 Å². The number of halogens is 1. The first-order valence-electron chi connectivity index (χ1n) is 18.7. The van der Waals surface area contributed by atoms with Crippen LogP contribution in [0.3, 0.4) is 0 Å². The molecule has 284 valence electrons. The molecule has 2 aliphatic heterocycles. The van der Waals surface area contributed by atoms with Crippen molar-refractivity contribution in [3.8, 4) is 34.4 Å². The summed E-state index contributed by atoms with van der Waals surface area (Å²) in [4.78, 5) is 20.0. The molecule has 3 aromatic carbocycles. The first-order valence-corrected chi connectivity index (χ1v) is 19.1. The zero-order valence-electron chi connectivity index (χ0n) is 31.3. The standard InChI is InChI=1S/C43H49ClN4O6/c1-28-9-4-5-14-47(28)24-34-18-38(44)42(20-41(34)53-26-32-17-31(21-45)22-46-23-32)54-27-33-10-6-11-36(29(33)2)37-12-7-13-40(30(37)3)52-16-8-15-48-25-35(49)19-39(48)43(50)51/h6-7,10-13,17-18,20,22-23,28,35,39,49H,4-5,8-9,14-16,19,24-27H2,1-3H3,(H,50,51)/t28-,35-,39+/m1/s1. The fourth-order valence-corrected chi connectivity index (χ4v) is 7.77. The minimum atomic E-state index is -0.898. The van der Waals surface area contributed by atoms with E-state index in [9.17, 15) is 20.3 Å². The molecule has 0 saturated carbocycles. The molecular formula is C43H49ClN4O6. The minimum Gasteiger partial charge on any atom is -0.493 e. The van der Waals surface area contributed by atoms with Gasteiger partial charge in [0.15, 0.2) is 0 Å². The number of piperidine rings is 1. The molecule has 3 heterocycles. The van der Waals surface area contributed by atoms with E-state index >= 15 is 0 Å². The van der Waals surface area contributed by atoms with Crippen LogP contribution in [0.1, 0.15) is 72.4 Å². The highest BCUT2D eigenvalue weighted by molar-refractivity contribution is 6.32. The van der Waals surface area contributed by atoms with Crippen molar-refractivity contribution in [2.75, 3.05) is 26.2 Å². The number of hydrogen-bond donors (Lipinski definition) is 2. The van der Waals surface area contributed by atoms with Gasteiger partial charge in [-0.1, -0.05) is 48.4 Å². The van der Waals surface area contributed by atoms with Gasteiger partial charge in [-0.25, -0.2) is 0 Å². The Morgan fingerprint density at radius 2 is 1.72 bits per heavy atom. The Kier molecular flexibility index (Phi) is 13.1. The maximum atomic E-state index is 11.6. The molecule has 2 fully saturated rings. The highest BCUT2D eigenvalue weighted by atomic mass is 35.5. The molecule has 11 heteroatoms. The van der Waals surface area contributed by atoms with Gasteiger partial charge in [0.1, 0.15) is 42.6 Å². The van der Waals surface area contributed by atoms with Gasteiger partial charge in [0.05, 0.1) is 23.3 Å². The normalized spacial score (nSPS) is 19.0. The largest absolute Gasteiger partial charge is 0.493 e. The molecule has 3 atom stereocenters. The van der Waals surface area contributed by atoms with Gasteiger partial charge in [-0.3, -0.25) is 19.6 Å². The molecule has 2 saturated heterocycles. The molecule has 0 bridgehead atoms. The van der Waals surface area contributed by atoms with Gasteiger partial charge in [0, 0.05) is 61.7 Å². The number of aromatic nitrogens is 1. The van der Waals surface area contributed by atoms with Crippen LogP contribution < -0.4 is 14.2 Å². The molecule has 1 aromatic heterocycles. The Morgan fingerprint density at radius 1 is 0.944 bits per heavy atom. The first kappa shape index (κ1) is 39.0. The highest BCUT2D eigenvalue weighted by Crippen LogP contribution is 2.37. The number of likely N-dealkylation sites (tertiary alicyclic amines) is 2. The molecule has 0 unspecified atom stereocenters. The van der Waals surface area contributed by atoms with Crippen LogP contribution in [0.4, 0.5) is 0 Å². The van der Waals surface area contributed by atoms with Crippen LogP contribution in [0.25, 0.3) is 11.1 Å². The van der Waals surface area contributed by atoms with Crippen molar-refractivity contribution in [2.24, 2.45) is 0 Å². The Bertz CT molecular complexity index is 1980. The van der Waals surface area contributed by atoms with Crippen molar-refractivity contribution < 1.29 is 29.2 Å². The molecular weight excluding hydrogens is 704 g/mol. The third kappa shape index (κ3) is 9.52. The summed E-state index contributed by atoms with van der Waals surface area (Å²) in [6, 6.07) is 19.8. The van der Waals surface area contributed by atoms with Crippen molar-refractivity contribution in [1.82, 2.24) is 14.8 Å². The third-order valence-corrected chi connectivity index (χ3v) is 11.0. The number of rotatable bonds is 15. The Labute approximate surface area is 322 Å². The third-order valence-electron chi connectivity index (χ3n) is 10.7. The number of β-amino-alcohol motifs (C(OH)–C–C–N with tert-alkyl or cyclic N) is 1. The molecule has 0 spiro atoms. The van der Waals surface area contributed by atoms with E-state index < -0.39 is 18.1 Å². The number of nitriles is 1. The number of pyridine rings is 1. The fourth-order valence-electron chi connectivity index (χ4n) is 7.53. The molecule has 2 N–H and O–H groups in total. The zero-order chi connectivity index (χ0) is 38.2. The van der Waals surface area contributed by atoms with Gasteiger partial charge in [-0.15, -0.1) is 0 Å². The summed E-state index contributed by atoms with van der Waals surface area (Å²) >= 11 is 6.90. The smallest absolute Gasteiger partial charge is 0.321 e. The van der Waals surface area contributed by atoms with E-state index in [1.54, 1.807) is 12.3 Å². The van der Waals surface area contributed by atoms with E-state index in [-0.39, 0.29) is 13.0 Å². The van der Waals surface area contributed by atoms with Crippen LogP contribution in [-0.4, -0.2) is 75.4 Å². The number of aliphatic hydroxyl groups is 1. The second-order valence-electron chi connectivity index (χ2n) is 14.4. The first-order chi connectivity index (χ1) is 26.1. The molecule has 54 heavy (non-hydrogen) atoms. The van der Waals surface area contributed by atoms with Gasteiger partial charge in [-0.2, -0.15) is 5.26 Å². The second kappa shape index (κ2) is 18.1. The molecule has 6 rings (SSSR count). The number of carboxylic acids is 1. The average Bonchev–Trinajstić information content (AvgIpc) is 3.55. The van der Waals surface area contributed by atoms with Crippen LogP contribution in [0.15, 0.2) is 67.0 Å². The quantitative estimate of drug-likeness (QED) is 0.117. The van der Waals surface area contributed by atoms with Gasteiger partial charge >= 0.3 is 5.97 Å². The van der Waals surface area contributed by atoms with E-state index in [0.29, 0.717) is 67.4 Å². The van der Waals surface area contributed by atoms with Crippen molar-refractivity contribution in [3.63, 3.8) is 0 Å². The Hall–Kier alpha value is -4.66. The molecule has 0 aliphatic carbocycles. The maximum Gasteiger partial charge on any atom is 0.321 e. The lowest BCUT2D eigenvalue weighted by Gasteiger charge is -2.33. The predicted molar refractivity (Wildman–Crippen MR) is 208 cm³/mol. The number of aliphatic carboxylic acids is 1. The monoisotopic (exact) mass is 752 g/mol. The summed E-state index contributed by atoms with van der Waals surface area (Å²) in [5.41, 5.74) is 7.51. The van der Waals surface area contributed by atoms with Gasteiger partial charge in [-0.05, 0) is 92.6 Å². The highest BCUT2D eigenvalue weighted by Gasteiger charge is 2.35. The lowest BCUT2D eigenvalue weighted by molar-refractivity contribution is -0.142. The van der Waals surface area contributed by atoms with Crippen molar-refractivity contribution in [1.29, 1.82) is 5.26 Å². The number of benzene rings is 3. The van der Waals surface area contributed by atoms with E-state index in [2.05, 4.69) is 48.0 Å². The second-order valence-corrected chi connectivity index (χ2v) is 14.8. The summed E-state index contributed by atoms with van der Waals surface area (Å²) in [5.74, 6) is 1.09. The van der Waals surface area contributed by atoms with E-state index in [1.807, 2.05) is 42.2 Å². The van der Waals surface area contributed by atoms with Gasteiger partial charge in [0.2, 0.25) is 0 Å². The summed E-state index contributed by atoms with van der Waals surface area (Å²) in [7, 11) is 0. The van der Waals surface area contributed by atoms with Crippen molar-refractivity contribution in [3.05, 3.63) is 105 Å². The lowest BCUT2D eigenvalue weighted by atomic mass is 9.93. The number of hydrogen-bond acceptors (Lipinski definition) is 9.